The van der Waals surface area contributed by atoms with E-state index in [1.807, 2.05) is 46.8 Å². The lowest BCUT2D eigenvalue weighted by Gasteiger charge is -2.48. The van der Waals surface area contributed by atoms with Crippen LogP contribution in [0.25, 0.3) is 5.65 Å². The van der Waals surface area contributed by atoms with Crippen molar-refractivity contribution in [2.75, 3.05) is 38.3 Å². The standard InChI is InChI=1S/C25H32N6O2/c1-24(2,3)22-27-26-20-10-11-21(28-31(20)22)30-16-19(17-30)29(4)23(32)25(12-14-33-15-13-25)18-8-6-5-7-9-18/h5-11,19H,12-17H2,1-4H3. The lowest BCUT2D eigenvalue weighted by molar-refractivity contribution is -0.142. The van der Waals surface area contributed by atoms with Crippen molar-refractivity contribution in [3.8, 4) is 0 Å². The van der Waals surface area contributed by atoms with Crippen LogP contribution in [0.5, 0.6) is 0 Å². The van der Waals surface area contributed by atoms with Crippen molar-refractivity contribution >= 4 is 17.4 Å². The Morgan fingerprint density at radius 3 is 2.42 bits per heavy atom. The summed E-state index contributed by atoms with van der Waals surface area (Å²) in [6.45, 7) is 9.07. The Kier molecular flexibility index (Phi) is 5.35. The maximum absolute atomic E-state index is 13.8. The molecule has 1 amide bonds. The molecule has 0 unspecified atom stereocenters. The fraction of sp³-hybridized carbons (Fsp3) is 0.520. The molecular weight excluding hydrogens is 416 g/mol. The highest BCUT2D eigenvalue weighted by Gasteiger charge is 2.46. The molecule has 8 heteroatoms. The SMILES string of the molecule is CN(C(=O)C1(c2ccccc2)CCOCC1)C1CN(c2ccc3nnc(C(C)(C)C)n3n2)C1. The molecule has 0 bridgehead atoms. The average molecular weight is 449 g/mol. The quantitative estimate of drug-likeness (QED) is 0.611. The molecule has 0 aliphatic carbocycles. The summed E-state index contributed by atoms with van der Waals surface area (Å²) < 4.78 is 7.45. The van der Waals surface area contributed by atoms with E-state index in [2.05, 4.69) is 48.0 Å². The molecule has 0 N–H and O–H groups in total. The van der Waals surface area contributed by atoms with Crippen LogP contribution in [0.3, 0.4) is 0 Å². The van der Waals surface area contributed by atoms with E-state index >= 15 is 0 Å². The van der Waals surface area contributed by atoms with E-state index in [4.69, 9.17) is 9.84 Å². The van der Waals surface area contributed by atoms with E-state index in [1.54, 1.807) is 0 Å². The third-order valence-corrected chi connectivity index (χ3v) is 7.06. The lowest BCUT2D eigenvalue weighted by atomic mass is 9.72. The van der Waals surface area contributed by atoms with Gasteiger partial charge in [0.2, 0.25) is 5.91 Å². The molecule has 5 rings (SSSR count). The Labute approximate surface area is 194 Å². The molecule has 174 valence electrons. The number of ether oxygens (including phenoxy) is 1. The number of likely N-dealkylation sites (N-methyl/N-ethyl adjacent to an activating group) is 1. The molecule has 2 aliphatic rings. The summed E-state index contributed by atoms with van der Waals surface area (Å²) in [6.07, 6.45) is 1.44. The highest BCUT2D eigenvalue weighted by Crippen LogP contribution is 2.37. The molecule has 0 spiro atoms. The van der Waals surface area contributed by atoms with Crippen LogP contribution >= 0.6 is 0 Å². The van der Waals surface area contributed by atoms with Crippen molar-refractivity contribution in [1.82, 2.24) is 24.7 Å². The topological polar surface area (TPSA) is 75.9 Å². The van der Waals surface area contributed by atoms with Crippen molar-refractivity contribution in [1.29, 1.82) is 0 Å². The van der Waals surface area contributed by atoms with Gasteiger partial charge in [0.15, 0.2) is 11.5 Å². The maximum atomic E-state index is 13.8. The monoisotopic (exact) mass is 448 g/mol. The van der Waals surface area contributed by atoms with E-state index < -0.39 is 5.41 Å². The van der Waals surface area contributed by atoms with Gasteiger partial charge in [0, 0.05) is 38.8 Å². The van der Waals surface area contributed by atoms with Crippen LogP contribution in [0.1, 0.15) is 45.0 Å². The number of anilines is 1. The highest BCUT2D eigenvalue weighted by atomic mass is 16.5. The highest BCUT2D eigenvalue weighted by molar-refractivity contribution is 5.88. The predicted octanol–water partition coefficient (Wildman–Crippen LogP) is 2.82. The minimum Gasteiger partial charge on any atom is -0.381 e. The fourth-order valence-corrected chi connectivity index (χ4v) is 4.91. The molecule has 0 saturated carbocycles. The molecular formula is C25H32N6O2. The van der Waals surface area contributed by atoms with Gasteiger partial charge in [-0.1, -0.05) is 51.1 Å². The molecule has 8 nitrogen and oxygen atoms in total. The molecule has 1 aromatic carbocycles. The number of nitrogens with zero attached hydrogens (tertiary/aromatic N) is 6. The van der Waals surface area contributed by atoms with Gasteiger partial charge in [-0.05, 0) is 30.5 Å². The molecule has 0 atom stereocenters. The van der Waals surface area contributed by atoms with Crippen molar-refractivity contribution in [3.05, 3.63) is 53.9 Å². The Bertz CT molecular complexity index is 1140. The van der Waals surface area contributed by atoms with E-state index in [0.717, 1.165) is 48.8 Å². The van der Waals surface area contributed by atoms with Gasteiger partial charge in [-0.2, -0.15) is 4.52 Å². The first-order chi connectivity index (χ1) is 15.8. The van der Waals surface area contributed by atoms with E-state index in [-0.39, 0.29) is 17.4 Å². The predicted molar refractivity (Wildman–Crippen MR) is 126 cm³/mol. The van der Waals surface area contributed by atoms with Crippen LogP contribution in [-0.4, -0.2) is 70.0 Å². The number of benzene rings is 1. The van der Waals surface area contributed by atoms with Crippen molar-refractivity contribution in [3.63, 3.8) is 0 Å². The number of aromatic nitrogens is 4. The molecule has 2 fully saturated rings. The largest absolute Gasteiger partial charge is 0.381 e. The Morgan fingerprint density at radius 2 is 1.76 bits per heavy atom. The zero-order valence-electron chi connectivity index (χ0n) is 19.9. The Hall–Kier alpha value is -3.00. The summed E-state index contributed by atoms with van der Waals surface area (Å²) in [5, 5.41) is 13.4. The minimum atomic E-state index is -0.504. The molecule has 2 saturated heterocycles. The van der Waals surface area contributed by atoms with Crippen LogP contribution < -0.4 is 4.90 Å². The fourth-order valence-electron chi connectivity index (χ4n) is 4.91. The number of amides is 1. The summed E-state index contributed by atoms with van der Waals surface area (Å²) in [5.74, 6) is 1.92. The van der Waals surface area contributed by atoms with Gasteiger partial charge in [-0.25, -0.2) is 0 Å². The first kappa shape index (κ1) is 21.8. The van der Waals surface area contributed by atoms with Gasteiger partial charge in [-0.15, -0.1) is 15.3 Å². The van der Waals surface area contributed by atoms with Crippen molar-refractivity contribution < 1.29 is 9.53 Å². The molecule has 2 aromatic heterocycles. The van der Waals surface area contributed by atoms with E-state index in [9.17, 15) is 4.79 Å². The third-order valence-electron chi connectivity index (χ3n) is 7.06. The second-order valence-electron chi connectivity index (χ2n) is 10.3. The summed E-state index contributed by atoms with van der Waals surface area (Å²) in [4.78, 5) is 18.0. The number of carbonyl (C=O) groups is 1. The van der Waals surface area contributed by atoms with Crippen LogP contribution in [0, 0.1) is 0 Å². The van der Waals surface area contributed by atoms with E-state index in [0.29, 0.717) is 13.2 Å². The first-order valence-electron chi connectivity index (χ1n) is 11.7. The zero-order chi connectivity index (χ0) is 23.2. The number of carbonyl (C=O) groups excluding carboxylic acids is 1. The van der Waals surface area contributed by atoms with Crippen LogP contribution in [-0.2, 0) is 20.4 Å². The number of rotatable bonds is 4. The second kappa shape index (κ2) is 8.09. The lowest BCUT2D eigenvalue weighted by Crippen LogP contribution is -2.63. The number of hydrogen-bond acceptors (Lipinski definition) is 6. The molecule has 33 heavy (non-hydrogen) atoms. The normalized spacial score (nSPS) is 18.8. The number of hydrogen-bond donors (Lipinski definition) is 0. The second-order valence-corrected chi connectivity index (χ2v) is 10.3. The molecule has 2 aliphatic heterocycles. The van der Waals surface area contributed by atoms with Gasteiger partial charge in [-0.3, -0.25) is 4.79 Å². The van der Waals surface area contributed by atoms with Crippen LogP contribution in [0.15, 0.2) is 42.5 Å². The molecule has 3 aromatic rings. The molecule has 4 heterocycles. The van der Waals surface area contributed by atoms with Gasteiger partial charge in [0.1, 0.15) is 5.82 Å². The van der Waals surface area contributed by atoms with Gasteiger partial charge >= 0.3 is 0 Å². The Balaban J connectivity index is 1.33. The van der Waals surface area contributed by atoms with Gasteiger partial charge in [0.05, 0.1) is 11.5 Å². The summed E-state index contributed by atoms with van der Waals surface area (Å²) in [7, 11) is 1.94. The first-order valence-corrected chi connectivity index (χ1v) is 11.7. The van der Waals surface area contributed by atoms with Gasteiger partial charge < -0.3 is 14.5 Å². The maximum Gasteiger partial charge on any atom is 0.233 e. The third kappa shape index (κ3) is 3.76. The average Bonchev–Trinajstić information content (AvgIpc) is 3.22. The number of fused-ring (bicyclic) bond motifs is 1. The van der Waals surface area contributed by atoms with Gasteiger partial charge in [0.25, 0.3) is 0 Å². The summed E-state index contributed by atoms with van der Waals surface area (Å²) in [6, 6.07) is 14.3. The van der Waals surface area contributed by atoms with Crippen LogP contribution in [0.2, 0.25) is 0 Å². The summed E-state index contributed by atoms with van der Waals surface area (Å²) in [5.41, 5.74) is 1.19. The van der Waals surface area contributed by atoms with E-state index in [1.165, 1.54) is 0 Å². The van der Waals surface area contributed by atoms with Crippen molar-refractivity contribution in [2.24, 2.45) is 0 Å². The molecule has 0 radical (unpaired) electrons. The van der Waals surface area contributed by atoms with Crippen molar-refractivity contribution in [2.45, 2.75) is 50.5 Å². The Morgan fingerprint density at radius 1 is 1.06 bits per heavy atom. The smallest absolute Gasteiger partial charge is 0.233 e. The minimum absolute atomic E-state index is 0.148. The van der Waals surface area contributed by atoms with Crippen LogP contribution in [0.4, 0.5) is 5.82 Å². The zero-order valence-corrected chi connectivity index (χ0v) is 19.9. The summed E-state index contributed by atoms with van der Waals surface area (Å²) >= 11 is 0.